The van der Waals surface area contributed by atoms with Gasteiger partial charge in [-0.25, -0.2) is 0 Å². The number of hydrogen-bond acceptors (Lipinski definition) is 14. The van der Waals surface area contributed by atoms with Gasteiger partial charge in [-0.15, -0.1) is 0 Å². The summed E-state index contributed by atoms with van der Waals surface area (Å²) in [5.41, 5.74) is 5.45. The molecule has 358 valence electrons. The number of methoxy groups -OCH3 is 1. The third-order valence-electron chi connectivity index (χ3n) is 13.8. The van der Waals surface area contributed by atoms with Crippen LogP contribution in [0.2, 0.25) is 0 Å². The van der Waals surface area contributed by atoms with Gasteiger partial charge in [0.05, 0.1) is 38.1 Å². The average molecular weight is 945 g/mol. The van der Waals surface area contributed by atoms with E-state index in [-0.39, 0.29) is 66.8 Å². The smallest absolute Gasteiger partial charge is 0.168 e. The molecule has 0 aromatic heterocycles. The molecule has 8 N–H and O–H groups in total. The second-order valence-electron chi connectivity index (χ2n) is 18.6. The molecule has 0 spiro atoms. The maximum Gasteiger partial charge on any atom is 0.168 e. The minimum absolute atomic E-state index is 0.0195. The Bertz CT molecular complexity index is 2300. The molecular weight excluding hydrogens is 877 g/mol. The zero-order chi connectivity index (χ0) is 46.8. The highest BCUT2D eigenvalue weighted by Gasteiger charge is 2.38. The van der Waals surface area contributed by atoms with Crippen LogP contribution in [0.1, 0.15) is 124 Å². The number of benzene rings is 4. The summed E-state index contributed by atoms with van der Waals surface area (Å²) in [6.07, 6.45) is 7.51. The number of Topliss-reactive ketones (excluding diaryl/α,β-unsaturated/α-hetero) is 2. The van der Waals surface area contributed by atoms with Crippen LogP contribution in [0.25, 0.3) is 21.9 Å². The molecule has 0 saturated heterocycles. The van der Waals surface area contributed by atoms with Gasteiger partial charge in [-0.05, 0) is 153 Å². The fourth-order valence-electron chi connectivity index (χ4n) is 10.3. The van der Waals surface area contributed by atoms with Gasteiger partial charge in [0.25, 0.3) is 0 Å². The topological polar surface area (TPSA) is 198 Å². The number of ketones is 2. The summed E-state index contributed by atoms with van der Waals surface area (Å²) < 4.78 is 13.1. The molecule has 2 aliphatic heterocycles. The molecule has 2 bridgehead atoms. The summed E-state index contributed by atoms with van der Waals surface area (Å²) >= 11 is 0. The van der Waals surface area contributed by atoms with Gasteiger partial charge in [0.1, 0.15) is 23.5 Å². The van der Waals surface area contributed by atoms with Gasteiger partial charge in [0.15, 0.2) is 11.5 Å². The van der Waals surface area contributed by atoms with Crippen LogP contribution in [0.15, 0.2) is 54.6 Å². The Morgan fingerprint density at radius 2 is 1.77 bits per heavy atom. The Morgan fingerprint density at radius 3 is 2.52 bits per heavy atom. The van der Waals surface area contributed by atoms with E-state index >= 15 is 0 Å². The molecule has 4 aromatic carbocycles. The number of carbonyl (C=O) groups is 2. The average Bonchev–Trinajstić information content (AvgIpc) is 3.30. The van der Waals surface area contributed by atoms with Gasteiger partial charge in [0.2, 0.25) is 0 Å². The van der Waals surface area contributed by atoms with Crippen LogP contribution < -0.4 is 15.4 Å². The Kier molecular flexibility index (Phi) is 17.8. The largest absolute Gasteiger partial charge is 0.508 e. The highest BCUT2D eigenvalue weighted by Crippen LogP contribution is 2.48. The molecule has 0 unspecified atom stereocenters. The first kappa shape index (κ1) is 50.0. The van der Waals surface area contributed by atoms with E-state index in [1.54, 1.807) is 39.8 Å². The fraction of sp³-hybridized carbons (Fsp3) is 0.538. The Balaban J connectivity index is 1.24. The van der Waals surface area contributed by atoms with E-state index in [9.17, 15) is 40.2 Å². The van der Waals surface area contributed by atoms with Gasteiger partial charge in [-0.2, -0.15) is 0 Å². The van der Waals surface area contributed by atoms with Crippen molar-refractivity contribution in [2.75, 3.05) is 32.1 Å². The minimum atomic E-state index is -0.742. The normalized spacial score (nSPS) is 21.8. The first-order chi connectivity index (χ1) is 31.9. The second kappa shape index (κ2) is 23.4. The number of nitrogens with one attached hydrogen (secondary N) is 2. The van der Waals surface area contributed by atoms with Crippen molar-refractivity contribution in [3.05, 3.63) is 82.4 Å². The third kappa shape index (κ3) is 12.4. The summed E-state index contributed by atoms with van der Waals surface area (Å²) in [5.74, 6) is 0.740. The Morgan fingerprint density at radius 1 is 0.970 bits per heavy atom. The molecular formula is C52H68N2O10S2. The summed E-state index contributed by atoms with van der Waals surface area (Å²) in [4.78, 5) is 26.5. The van der Waals surface area contributed by atoms with E-state index in [2.05, 4.69) is 10.6 Å². The van der Waals surface area contributed by atoms with Gasteiger partial charge >= 0.3 is 0 Å². The lowest BCUT2D eigenvalue weighted by molar-refractivity contribution is -0.128. The van der Waals surface area contributed by atoms with Gasteiger partial charge in [0, 0.05) is 47.3 Å². The van der Waals surface area contributed by atoms with Crippen molar-refractivity contribution in [3.8, 4) is 28.4 Å². The fourth-order valence-corrected chi connectivity index (χ4v) is 13.2. The van der Waals surface area contributed by atoms with Crippen LogP contribution in [-0.4, -0.2) is 92.1 Å². The molecule has 66 heavy (non-hydrogen) atoms. The summed E-state index contributed by atoms with van der Waals surface area (Å²) in [6.45, 7) is 1.76. The van der Waals surface area contributed by atoms with Crippen LogP contribution in [0, 0.1) is 5.92 Å². The van der Waals surface area contributed by atoms with Gasteiger partial charge < -0.3 is 45.4 Å². The summed E-state index contributed by atoms with van der Waals surface area (Å²) in [6, 6.07) is 16.6. The van der Waals surface area contributed by atoms with Crippen molar-refractivity contribution in [1.29, 1.82) is 0 Å². The van der Waals surface area contributed by atoms with E-state index in [0.717, 1.165) is 77.1 Å². The molecule has 0 amide bonds. The maximum atomic E-state index is 14.5. The van der Waals surface area contributed by atoms with Crippen LogP contribution in [0.5, 0.6) is 17.2 Å². The van der Waals surface area contributed by atoms with Crippen molar-refractivity contribution in [3.63, 3.8) is 0 Å². The second-order valence-corrected chi connectivity index (χ2v) is 21.2. The van der Waals surface area contributed by atoms with Crippen molar-refractivity contribution in [2.45, 2.75) is 145 Å². The summed E-state index contributed by atoms with van der Waals surface area (Å²) in [7, 11) is 4.82. The maximum absolute atomic E-state index is 14.5. The van der Waals surface area contributed by atoms with E-state index < -0.39 is 24.0 Å². The predicted octanol–water partition coefficient (Wildman–Crippen LogP) is 8.81. The lowest BCUT2D eigenvalue weighted by Crippen LogP contribution is -2.41. The zero-order valence-corrected chi connectivity index (χ0v) is 40.0. The monoisotopic (exact) mass is 944 g/mol. The lowest BCUT2D eigenvalue weighted by atomic mass is 9.81. The lowest BCUT2D eigenvalue weighted by Gasteiger charge is -2.38. The molecule has 2 fully saturated rings. The minimum Gasteiger partial charge on any atom is -0.508 e. The third-order valence-corrected chi connectivity index (χ3v) is 16.7. The molecule has 12 nitrogen and oxygen atoms in total. The van der Waals surface area contributed by atoms with Crippen LogP contribution in [0.4, 0.5) is 5.69 Å². The SMILES string of the molecule is COc1c(O)ccc2c1-c1ccc3ccc(O)cc3c1CSS[C@H]1CC[C@H](C[C@@H]1O)[C@@H](O[C@H](NCCCC1(O)CCCCC1)c1cc(CO)c(NCC(C)=O)cc1CCCO)CC(=O)CC2. The van der Waals surface area contributed by atoms with Gasteiger partial charge in [-0.3, -0.25) is 14.9 Å². The number of fused-ring (bicyclic) bond motifs is 9. The molecule has 0 radical (unpaired) electrons. The van der Waals surface area contributed by atoms with E-state index in [1.807, 2.05) is 36.4 Å². The number of anilines is 1. The quantitative estimate of drug-likeness (QED) is 0.0301. The first-order valence-electron chi connectivity index (χ1n) is 23.7. The van der Waals surface area contributed by atoms with E-state index in [4.69, 9.17) is 9.47 Å². The van der Waals surface area contributed by atoms with Crippen molar-refractivity contribution >= 4 is 49.6 Å². The number of aryl methyl sites for hydroxylation is 2. The highest BCUT2D eigenvalue weighted by molar-refractivity contribution is 8.76. The highest BCUT2D eigenvalue weighted by atomic mass is 33.1. The number of aromatic hydroxyl groups is 2. The first-order valence-corrected chi connectivity index (χ1v) is 26.1. The number of carbonyl (C=O) groups excluding carboxylic acids is 2. The van der Waals surface area contributed by atoms with Crippen molar-refractivity contribution in [2.24, 2.45) is 5.92 Å². The molecule has 2 heterocycles. The number of aliphatic hydroxyl groups excluding tert-OH is 3. The number of rotatable bonds is 16. The van der Waals surface area contributed by atoms with E-state index in [0.29, 0.717) is 79.8 Å². The summed E-state index contributed by atoms with van der Waals surface area (Å²) in [5, 5.41) is 74.2. The number of aliphatic hydroxyl groups is 4. The predicted molar refractivity (Wildman–Crippen MR) is 263 cm³/mol. The molecule has 2 saturated carbocycles. The molecule has 4 aromatic rings. The van der Waals surface area contributed by atoms with Crippen molar-refractivity contribution < 1.29 is 49.7 Å². The Labute approximate surface area is 396 Å². The van der Waals surface area contributed by atoms with Crippen LogP contribution >= 0.6 is 21.6 Å². The molecule has 5 atom stereocenters. The van der Waals surface area contributed by atoms with Crippen LogP contribution in [-0.2, 0) is 39.5 Å². The van der Waals surface area contributed by atoms with Gasteiger partial charge in [-0.1, -0.05) is 65.1 Å². The standard InChI is InChI=1S/C52H68N2O10S2/c1-32(57)29-54-44-25-35(8-6-23-55)42(24-37(44)30-56)51(53-22-7-21-52(62)19-4-3-5-20-52)64-47-28-39(59)15-10-34-12-17-45(60)50(63-2)49(34)40-16-11-33-9-14-38(58)27-41(33)43(40)31-65-66-48-18-13-36(47)26-46(48)61/h9,11-12,14,16-17,24-25,27,36,46-48,51,53-56,58,60-62H,3-8,10,13,15,18-23,26,28-31H2,1-2H3/t36-,46+,47+,48+,51+/m1/s1. The van der Waals surface area contributed by atoms with E-state index in [1.165, 1.54) is 14.0 Å². The number of phenolic OH excluding ortho intramolecular Hbond substituents is 2. The number of phenols is 2. The molecule has 14 heteroatoms. The zero-order valence-electron chi connectivity index (χ0n) is 38.4. The number of ether oxygens (including phenoxy) is 2. The molecule has 8 rings (SSSR count). The Hall–Kier alpha value is -3.86. The molecule has 2 aliphatic carbocycles. The van der Waals surface area contributed by atoms with Crippen LogP contribution in [0.3, 0.4) is 0 Å². The molecule has 4 aliphatic rings. The van der Waals surface area contributed by atoms with Crippen molar-refractivity contribution in [1.82, 2.24) is 5.32 Å². The number of hydrogen-bond donors (Lipinski definition) is 8.